The summed E-state index contributed by atoms with van der Waals surface area (Å²) in [4.78, 5) is 10.4. The summed E-state index contributed by atoms with van der Waals surface area (Å²) in [6.07, 6.45) is 2.29. The van der Waals surface area contributed by atoms with Gasteiger partial charge in [0.05, 0.1) is 0 Å². The molecule has 0 aliphatic heterocycles. The predicted molar refractivity (Wildman–Crippen MR) is 36.6 cm³/mol. The van der Waals surface area contributed by atoms with Crippen molar-refractivity contribution >= 4 is 5.91 Å². The number of carbonyl (C=O) groups is 1. The zero-order valence-corrected chi connectivity index (χ0v) is 5.77. The first kappa shape index (κ1) is 8.01. The van der Waals surface area contributed by atoms with Gasteiger partial charge in [-0.15, -0.1) is 0 Å². The third kappa shape index (κ3) is 2.74. The molecule has 0 aromatic rings. The normalized spacial score (nSPS) is 11.1. The van der Waals surface area contributed by atoms with Crippen molar-refractivity contribution < 1.29 is 4.79 Å². The summed E-state index contributed by atoms with van der Waals surface area (Å²) in [5.41, 5.74) is 5.61. The van der Waals surface area contributed by atoms with Crippen molar-refractivity contribution in [3.63, 3.8) is 0 Å². The molecule has 0 rings (SSSR count). The van der Waals surface area contributed by atoms with Gasteiger partial charge < -0.3 is 11.1 Å². The Hall–Kier alpha value is -0.990. The van der Waals surface area contributed by atoms with Crippen LogP contribution < -0.4 is 11.1 Å². The number of carbonyl (C=O) groups excluding carboxylic acids is 1. The van der Waals surface area contributed by atoms with Crippen molar-refractivity contribution in [3.05, 3.63) is 11.8 Å². The summed E-state index contributed by atoms with van der Waals surface area (Å²) < 4.78 is 0. The van der Waals surface area contributed by atoms with E-state index in [1.807, 2.05) is 6.92 Å². The zero-order chi connectivity index (χ0) is 7.28. The summed E-state index contributed by atoms with van der Waals surface area (Å²) in [5, 5.41) is 2.74. The van der Waals surface area contributed by atoms with Crippen LogP contribution in [0.4, 0.5) is 0 Å². The van der Waals surface area contributed by atoms with Gasteiger partial charge in [-0.05, 0) is 6.42 Å². The Kier molecular flexibility index (Phi) is 3.51. The highest BCUT2D eigenvalue weighted by Crippen LogP contribution is 1.95. The third-order valence-electron chi connectivity index (χ3n) is 1.02. The fraction of sp³-hybridized carbons (Fsp3) is 0.500. The molecule has 0 aliphatic rings. The van der Waals surface area contributed by atoms with Gasteiger partial charge >= 0.3 is 0 Å². The summed E-state index contributed by atoms with van der Waals surface area (Å²) in [7, 11) is 1.73. The lowest BCUT2D eigenvalue weighted by Crippen LogP contribution is -2.15. The molecule has 0 atom stereocenters. The SMILES string of the molecule is CCC(=CNC)C(N)=O. The molecular formula is C6H12N2O. The van der Waals surface area contributed by atoms with Crippen LogP contribution in [0.1, 0.15) is 13.3 Å². The molecule has 3 nitrogen and oxygen atoms in total. The van der Waals surface area contributed by atoms with Gasteiger partial charge in [0, 0.05) is 18.8 Å². The zero-order valence-electron chi connectivity index (χ0n) is 5.77. The maximum absolute atomic E-state index is 10.4. The second-order valence-electron chi connectivity index (χ2n) is 1.68. The molecule has 0 aromatic heterocycles. The van der Waals surface area contributed by atoms with Crippen LogP contribution >= 0.6 is 0 Å². The van der Waals surface area contributed by atoms with Gasteiger partial charge in [0.15, 0.2) is 0 Å². The Morgan fingerprint density at radius 2 is 2.33 bits per heavy atom. The van der Waals surface area contributed by atoms with E-state index in [9.17, 15) is 4.79 Å². The maximum atomic E-state index is 10.4. The largest absolute Gasteiger partial charge is 0.394 e. The second-order valence-corrected chi connectivity index (χ2v) is 1.68. The Morgan fingerprint density at radius 1 is 1.78 bits per heavy atom. The van der Waals surface area contributed by atoms with Crippen LogP contribution in [0.5, 0.6) is 0 Å². The highest BCUT2D eigenvalue weighted by atomic mass is 16.1. The van der Waals surface area contributed by atoms with Gasteiger partial charge in [-0.3, -0.25) is 4.79 Å². The Balaban J connectivity index is 3.98. The minimum Gasteiger partial charge on any atom is -0.394 e. The van der Waals surface area contributed by atoms with Crippen LogP contribution in [-0.4, -0.2) is 13.0 Å². The van der Waals surface area contributed by atoms with Crippen molar-refractivity contribution in [1.29, 1.82) is 0 Å². The van der Waals surface area contributed by atoms with Gasteiger partial charge in [0.25, 0.3) is 0 Å². The smallest absolute Gasteiger partial charge is 0.246 e. The molecule has 52 valence electrons. The van der Waals surface area contributed by atoms with E-state index >= 15 is 0 Å². The Bertz CT molecular complexity index is 129. The van der Waals surface area contributed by atoms with Crippen LogP contribution in [0.15, 0.2) is 11.8 Å². The molecule has 0 aliphatic carbocycles. The molecule has 1 amide bonds. The maximum Gasteiger partial charge on any atom is 0.246 e. The number of hydrogen-bond acceptors (Lipinski definition) is 2. The van der Waals surface area contributed by atoms with Crippen LogP contribution in [0.25, 0.3) is 0 Å². The standard InChI is InChI=1S/C6H12N2O/c1-3-5(4-8-2)6(7)9/h4,8H,3H2,1-2H3,(H2,7,9). The summed E-state index contributed by atoms with van der Waals surface area (Å²) in [6.45, 7) is 1.88. The van der Waals surface area contributed by atoms with E-state index in [-0.39, 0.29) is 5.91 Å². The van der Waals surface area contributed by atoms with E-state index in [2.05, 4.69) is 5.32 Å². The summed E-state index contributed by atoms with van der Waals surface area (Å²) in [6, 6.07) is 0. The average molecular weight is 128 g/mol. The molecule has 0 bridgehead atoms. The fourth-order valence-electron chi connectivity index (χ4n) is 0.522. The molecule has 0 aromatic carbocycles. The average Bonchev–Trinajstić information content (AvgIpc) is 1.82. The molecule has 0 heterocycles. The second kappa shape index (κ2) is 3.95. The van der Waals surface area contributed by atoms with E-state index in [0.717, 1.165) is 0 Å². The van der Waals surface area contributed by atoms with Crippen LogP contribution in [0, 0.1) is 0 Å². The quantitative estimate of drug-likeness (QED) is 0.525. The lowest BCUT2D eigenvalue weighted by Gasteiger charge is -1.96. The van der Waals surface area contributed by atoms with E-state index < -0.39 is 0 Å². The van der Waals surface area contributed by atoms with Crippen molar-refractivity contribution in [2.75, 3.05) is 7.05 Å². The number of primary amides is 1. The molecule has 0 fully saturated rings. The number of rotatable bonds is 3. The molecule has 0 saturated carbocycles. The van der Waals surface area contributed by atoms with Crippen LogP contribution in [-0.2, 0) is 4.79 Å². The van der Waals surface area contributed by atoms with E-state index in [1.165, 1.54) is 0 Å². The molecular weight excluding hydrogens is 116 g/mol. The molecule has 0 saturated heterocycles. The minimum absolute atomic E-state index is 0.355. The molecule has 3 heteroatoms. The van der Waals surface area contributed by atoms with Gasteiger partial charge in [0.1, 0.15) is 0 Å². The first-order valence-electron chi connectivity index (χ1n) is 2.88. The summed E-state index contributed by atoms with van der Waals surface area (Å²) >= 11 is 0. The molecule has 0 radical (unpaired) electrons. The van der Waals surface area contributed by atoms with Crippen LogP contribution in [0.2, 0.25) is 0 Å². The topological polar surface area (TPSA) is 55.1 Å². The first-order valence-corrected chi connectivity index (χ1v) is 2.88. The lowest BCUT2D eigenvalue weighted by molar-refractivity contribution is -0.114. The van der Waals surface area contributed by atoms with E-state index in [0.29, 0.717) is 12.0 Å². The van der Waals surface area contributed by atoms with E-state index in [1.54, 1.807) is 13.2 Å². The van der Waals surface area contributed by atoms with Crippen molar-refractivity contribution in [2.45, 2.75) is 13.3 Å². The molecule has 0 spiro atoms. The first-order chi connectivity index (χ1) is 4.22. The van der Waals surface area contributed by atoms with Gasteiger partial charge in [-0.25, -0.2) is 0 Å². The van der Waals surface area contributed by atoms with Gasteiger partial charge in [-0.2, -0.15) is 0 Å². The van der Waals surface area contributed by atoms with E-state index in [4.69, 9.17) is 5.73 Å². The summed E-state index contributed by atoms with van der Waals surface area (Å²) in [5.74, 6) is -0.355. The van der Waals surface area contributed by atoms with Gasteiger partial charge in [0.2, 0.25) is 5.91 Å². The van der Waals surface area contributed by atoms with Crippen LogP contribution in [0.3, 0.4) is 0 Å². The molecule has 3 N–H and O–H groups in total. The Labute approximate surface area is 54.9 Å². The predicted octanol–water partition coefficient (Wildman–Crippen LogP) is -0.0150. The number of hydrogen-bond donors (Lipinski definition) is 2. The van der Waals surface area contributed by atoms with Crippen molar-refractivity contribution in [3.8, 4) is 0 Å². The third-order valence-corrected chi connectivity index (χ3v) is 1.02. The highest BCUT2D eigenvalue weighted by molar-refractivity contribution is 5.91. The number of nitrogens with two attached hydrogens (primary N) is 1. The Morgan fingerprint density at radius 3 is 2.44 bits per heavy atom. The molecule has 0 unspecified atom stereocenters. The number of nitrogens with one attached hydrogen (secondary N) is 1. The van der Waals surface area contributed by atoms with Crippen molar-refractivity contribution in [2.24, 2.45) is 5.73 Å². The fourth-order valence-corrected chi connectivity index (χ4v) is 0.522. The van der Waals surface area contributed by atoms with Gasteiger partial charge in [-0.1, -0.05) is 6.92 Å². The highest BCUT2D eigenvalue weighted by Gasteiger charge is 1.98. The lowest BCUT2D eigenvalue weighted by atomic mass is 10.2. The molecule has 9 heavy (non-hydrogen) atoms. The minimum atomic E-state index is -0.355. The number of amides is 1. The van der Waals surface area contributed by atoms with Crippen molar-refractivity contribution in [1.82, 2.24) is 5.32 Å². The monoisotopic (exact) mass is 128 g/mol.